The number of aromatic nitrogens is 2. The maximum Gasteiger partial charge on any atom is 0.416 e. The van der Waals surface area contributed by atoms with Crippen LogP contribution in [-0.4, -0.2) is 15.5 Å². The van der Waals surface area contributed by atoms with Crippen LogP contribution in [0.4, 0.5) is 13.2 Å². The number of esters is 1. The third-order valence-electron chi connectivity index (χ3n) is 4.75. The Bertz CT molecular complexity index is 1130. The molecule has 0 fully saturated rings. The molecule has 0 saturated heterocycles. The zero-order chi connectivity index (χ0) is 20.1. The molecule has 1 aliphatic heterocycles. The van der Waals surface area contributed by atoms with Gasteiger partial charge in [-0.1, -0.05) is 12.1 Å². The molecule has 4 rings (SSSR count). The van der Waals surface area contributed by atoms with Crippen LogP contribution in [0.2, 0.25) is 0 Å². The van der Waals surface area contributed by atoms with E-state index in [1.807, 2.05) is 0 Å². The van der Waals surface area contributed by atoms with Crippen molar-refractivity contribution in [3.8, 4) is 0 Å². The molecule has 0 bridgehead atoms. The van der Waals surface area contributed by atoms with Crippen LogP contribution >= 0.6 is 11.3 Å². The van der Waals surface area contributed by atoms with Gasteiger partial charge in [0.15, 0.2) is 0 Å². The molecule has 0 spiro atoms. The highest BCUT2D eigenvalue weighted by Gasteiger charge is 2.30. The molecule has 0 unspecified atom stereocenters. The van der Waals surface area contributed by atoms with Gasteiger partial charge in [-0.05, 0) is 36.6 Å². The normalized spacial score (nSPS) is 13.7. The first-order chi connectivity index (χ1) is 13.3. The van der Waals surface area contributed by atoms with Crippen molar-refractivity contribution in [2.75, 3.05) is 0 Å². The van der Waals surface area contributed by atoms with Crippen LogP contribution in [0.3, 0.4) is 0 Å². The predicted octanol–water partition coefficient (Wildman–Crippen LogP) is 4.09. The maximum absolute atomic E-state index is 12.7. The highest BCUT2D eigenvalue weighted by atomic mass is 32.1. The SMILES string of the molecule is Cc1c(C(=O)OCc2ccc(C(F)(F)F)cc2)sc2nc3n(c(=O)c12)CCC3. The summed E-state index contributed by atoms with van der Waals surface area (Å²) in [5.74, 6) is 0.105. The number of alkyl halides is 3. The molecule has 0 amide bonds. The van der Waals surface area contributed by atoms with Crippen LogP contribution in [0.15, 0.2) is 29.1 Å². The van der Waals surface area contributed by atoms with Crippen molar-refractivity contribution in [3.05, 3.63) is 62.0 Å². The van der Waals surface area contributed by atoms with E-state index in [-0.39, 0.29) is 17.0 Å². The van der Waals surface area contributed by atoms with Crippen LogP contribution in [0.1, 0.15) is 38.6 Å². The minimum Gasteiger partial charge on any atom is -0.457 e. The summed E-state index contributed by atoms with van der Waals surface area (Å²) in [6.45, 7) is 2.15. The quantitative estimate of drug-likeness (QED) is 0.613. The third kappa shape index (κ3) is 3.19. The largest absolute Gasteiger partial charge is 0.457 e. The van der Waals surface area contributed by atoms with Crippen LogP contribution in [0, 0.1) is 6.92 Å². The lowest BCUT2D eigenvalue weighted by Gasteiger charge is -2.08. The van der Waals surface area contributed by atoms with Crippen LogP contribution < -0.4 is 5.56 Å². The van der Waals surface area contributed by atoms with Crippen LogP contribution in [0.5, 0.6) is 0 Å². The molecular weight excluding hydrogens is 393 g/mol. The maximum atomic E-state index is 12.7. The van der Waals surface area contributed by atoms with E-state index in [2.05, 4.69) is 4.98 Å². The number of nitrogens with zero attached hydrogens (tertiary/aromatic N) is 2. The van der Waals surface area contributed by atoms with Gasteiger partial charge in [0.25, 0.3) is 5.56 Å². The number of ether oxygens (including phenoxy) is 1. The molecule has 0 N–H and O–H groups in total. The summed E-state index contributed by atoms with van der Waals surface area (Å²) in [5.41, 5.74) is 0.0602. The predicted molar refractivity (Wildman–Crippen MR) is 97.5 cm³/mol. The Kier molecular flexibility index (Phi) is 4.49. The van der Waals surface area contributed by atoms with Crippen molar-refractivity contribution >= 4 is 27.5 Å². The van der Waals surface area contributed by atoms with Gasteiger partial charge < -0.3 is 4.74 Å². The minimum atomic E-state index is -4.41. The van der Waals surface area contributed by atoms with Gasteiger partial charge in [0.2, 0.25) is 0 Å². The Morgan fingerprint density at radius 3 is 2.68 bits per heavy atom. The summed E-state index contributed by atoms with van der Waals surface area (Å²) in [7, 11) is 0. The Hall–Kier alpha value is -2.68. The lowest BCUT2D eigenvalue weighted by atomic mass is 10.1. The topological polar surface area (TPSA) is 61.2 Å². The lowest BCUT2D eigenvalue weighted by molar-refractivity contribution is -0.137. The first-order valence-electron chi connectivity index (χ1n) is 8.62. The van der Waals surface area contributed by atoms with E-state index < -0.39 is 17.7 Å². The van der Waals surface area contributed by atoms with Gasteiger partial charge in [-0.25, -0.2) is 9.78 Å². The molecule has 0 saturated carbocycles. The molecule has 0 radical (unpaired) electrons. The fourth-order valence-corrected chi connectivity index (χ4v) is 4.36. The molecular formula is C19H15F3N2O3S. The highest BCUT2D eigenvalue weighted by Crippen LogP contribution is 2.30. The first kappa shape index (κ1) is 18.7. The Morgan fingerprint density at radius 1 is 1.29 bits per heavy atom. The molecule has 146 valence electrons. The van der Waals surface area contributed by atoms with E-state index in [1.54, 1.807) is 11.5 Å². The smallest absolute Gasteiger partial charge is 0.416 e. The number of aryl methyl sites for hydroxylation is 2. The summed E-state index contributed by atoms with van der Waals surface area (Å²) in [4.78, 5) is 30.4. The summed E-state index contributed by atoms with van der Waals surface area (Å²) >= 11 is 1.11. The molecule has 3 heterocycles. The van der Waals surface area contributed by atoms with Crippen molar-refractivity contribution < 1.29 is 22.7 Å². The standard InChI is InChI=1S/C19H15F3N2O3S/c1-10-14-16(23-13-3-2-8-24(13)17(14)25)28-15(10)18(26)27-9-11-4-6-12(7-5-11)19(20,21)22/h4-7H,2-3,8-9H2,1H3. The molecule has 3 aromatic rings. The highest BCUT2D eigenvalue weighted by molar-refractivity contribution is 7.20. The number of hydrogen-bond donors (Lipinski definition) is 0. The number of carbonyl (C=O) groups is 1. The van der Waals surface area contributed by atoms with Crippen molar-refractivity contribution in [3.63, 3.8) is 0 Å². The molecule has 0 aliphatic carbocycles. The third-order valence-corrected chi connectivity index (χ3v) is 5.91. The van der Waals surface area contributed by atoms with Crippen molar-refractivity contribution in [2.24, 2.45) is 0 Å². The number of thiophene rings is 1. The van der Waals surface area contributed by atoms with Gasteiger partial charge >= 0.3 is 12.1 Å². The second kappa shape index (κ2) is 6.73. The van der Waals surface area contributed by atoms with Gasteiger partial charge in [-0.15, -0.1) is 11.3 Å². The summed E-state index contributed by atoms with van der Waals surface area (Å²) in [6, 6.07) is 4.43. The Labute approximate surface area is 161 Å². The summed E-state index contributed by atoms with van der Waals surface area (Å²) < 4.78 is 44.7. The molecule has 1 aliphatic rings. The zero-order valence-corrected chi connectivity index (χ0v) is 15.6. The zero-order valence-electron chi connectivity index (χ0n) is 14.8. The average Bonchev–Trinajstić information content (AvgIpc) is 3.24. The van der Waals surface area contributed by atoms with Crippen molar-refractivity contribution in [1.82, 2.24) is 9.55 Å². The Balaban J connectivity index is 1.56. The van der Waals surface area contributed by atoms with E-state index in [1.165, 1.54) is 12.1 Å². The van der Waals surface area contributed by atoms with E-state index in [4.69, 9.17) is 4.74 Å². The van der Waals surface area contributed by atoms with E-state index >= 15 is 0 Å². The second-order valence-corrected chi connectivity index (χ2v) is 7.59. The fraction of sp³-hybridized carbons (Fsp3) is 0.316. The van der Waals surface area contributed by atoms with Crippen molar-refractivity contribution in [1.29, 1.82) is 0 Å². The molecule has 1 aromatic carbocycles. The number of rotatable bonds is 3. The van der Waals surface area contributed by atoms with E-state index in [0.29, 0.717) is 27.9 Å². The van der Waals surface area contributed by atoms with Gasteiger partial charge in [0.05, 0.1) is 10.9 Å². The number of fused-ring (bicyclic) bond motifs is 2. The van der Waals surface area contributed by atoms with Gasteiger partial charge in [-0.3, -0.25) is 9.36 Å². The number of carbonyl (C=O) groups excluding carboxylic acids is 1. The van der Waals surface area contributed by atoms with Crippen LogP contribution in [-0.2, 0) is 30.5 Å². The monoisotopic (exact) mass is 408 g/mol. The van der Waals surface area contributed by atoms with Crippen molar-refractivity contribution in [2.45, 2.75) is 39.1 Å². The lowest BCUT2D eigenvalue weighted by Crippen LogP contribution is -2.20. The molecule has 0 atom stereocenters. The number of hydrogen-bond acceptors (Lipinski definition) is 5. The molecule has 2 aromatic heterocycles. The van der Waals surface area contributed by atoms with E-state index in [0.717, 1.165) is 42.1 Å². The van der Waals surface area contributed by atoms with Gasteiger partial charge in [-0.2, -0.15) is 13.2 Å². The molecule has 28 heavy (non-hydrogen) atoms. The minimum absolute atomic E-state index is 0.145. The van der Waals surface area contributed by atoms with Crippen LogP contribution in [0.25, 0.3) is 10.2 Å². The second-order valence-electron chi connectivity index (χ2n) is 6.60. The summed E-state index contributed by atoms with van der Waals surface area (Å²) in [6.07, 6.45) is -2.80. The van der Waals surface area contributed by atoms with E-state index in [9.17, 15) is 22.8 Å². The van der Waals surface area contributed by atoms with Gasteiger partial charge in [0, 0.05) is 13.0 Å². The van der Waals surface area contributed by atoms with Gasteiger partial charge in [0.1, 0.15) is 22.1 Å². The summed E-state index contributed by atoms with van der Waals surface area (Å²) in [5, 5.41) is 0.428. The fourth-order valence-electron chi connectivity index (χ4n) is 3.27. The Morgan fingerprint density at radius 2 is 2.00 bits per heavy atom. The first-order valence-corrected chi connectivity index (χ1v) is 9.43. The number of halogens is 3. The molecule has 9 heteroatoms. The molecule has 5 nitrogen and oxygen atoms in total. The average molecular weight is 408 g/mol. The number of benzene rings is 1.